The van der Waals surface area contributed by atoms with E-state index in [4.69, 9.17) is 14.4 Å². The van der Waals surface area contributed by atoms with Crippen molar-refractivity contribution >= 4 is 32.8 Å². The number of hydrogen-bond donors (Lipinski definition) is 3. The van der Waals surface area contributed by atoms with Crippen LogP contribution in [-0.4, -0.2) is 48.4 Å². The van der Waals surface area contributed by atoms with Crippen molar-refractivity contribution < 1.29 is 32.4 Å². The van der Waals surface area contributed by atoms with E-state index in [0.29, 0.717) is 18.4 Å². The zero-order valence-electron chi connectivity index (χ0n) is 14.0. The molecule has 1 atom stereocenters. The molecule has 2 aromatic rings. The van der Waals surface area contributed by atoms with Gasteiger partial charge >= 0.3 is 5.97 Å². The monoisotopic (exact) mass is 381 g/mol. The fraction of sp³-hybridized carbons (Fsp3) is 0.294. The second kappa shape index (κ2) is 8.15. The highest BCUT2D eigenvalue weighted by Gasteiger charge is 2.28. The maximum absolute atomic E-state index is 12.7. The minimum absolute atomic E-state index is 0.109. The summed E-state index contributed by atoms with van der Waals surface area (Å²) in [7, 11) is -4.59. The highest BCUT2D eigenvalue weighted by molar-refractivity contribution is 7.85. The van der Waals surface area contributed by atoms with Gasteiger partial charge in [0.2, 0.25) is 0 Å². The quantitative estimate of drug-likeness (QED) is 0.593. The van der Waals surface area contributed by atoms with Crippen LogP contribution in [0.1, 0.15) is 23.7 Å². The van der Waals surface area contributed by atoms with Crippen molar-refractivity contribution in [2.45, 2.75) is 19.4 Å². The number of carboxylic acids is 1. The van der Waals surface area contributed by atoms with Gasteiger partial charge in [-0.15, -0.1) is 0 Å². The molecule has 0 aliphatic carbocycles. The van der Waals surface area contributed by atoms with Gasteiger partial charge in [-0.05, 0) is 23.3 Å². The predicted octanol–water partition coefficient (Wildman–Crippen LogP) is 1.70. The number of fused-ring (bicyclic) bond motifs is 1. The Balaban J connectivity index is 2.45. The number of ether oxygens (including phenoxy) is 1. The van der Waals surface area contributed by atoms with Gasteiger partial charge in [0, 0.05) is 0 Å². The van der Waals surface area contributed by atoms with Crippen molar-refractivity contribution in [1.82, 2.24) is 5.32 Å². The van der Waals surface area contributed by atoms with Crippen molar-refractivity contribution in [1.29, 1.82) is 0 Å². The fourth-order valence-corrected chi connectivity index (χ4v) is 3.08. The predicted molar refractivity (Wildman–Crippen MR) is 95.0 cm³/mol. The summed E-state index contributed by atoms with van der Waals surface area (Å²) in [5.41, 5.74) is 0.109. The molecule has 0 heterocycles. The summed E-state index contributed by atoms with van der Waals surface area (Å²) in [4.78, 5) is 24.0. The smallest absolute Gasteiger partial charge is 0.327 e. The van der Waals surface area contributed by atoms with Crippen LogP contribution in [0.3, 0.4) is 0 Å². The lowest BCUT2D eigenvalue weighted by atomic mass is 10.0. The zero-order chi connectivity index (χ0) is 19.3. The molecule has 0 aliphatic rings. The molecule has 2 rings (SSSR count). The summed E-state index contributed by atoms with van der Waals surface area (Å²) in [6.07, 6.45) is 0.703. The molecule has 0 aliphatic heterocycles. The Bertz CT molecular complexity index is 924. The van der Waals surface area contributed by atoms with E-state index in [1.54, 1.807) is 36.4 Å². The summed E-state index contributed by atoms with van der Waals surface area (Å²) in [5.74, 6) is -3.25. The van der Waals surface area contributed by atoms with E-state index in [2.05, 4.69) is 5.32 Å². The summed E-state index contributed by atoms with van der Waals surface area (Å²) >= 11 is 0. The molecule has 8 nitrogen and oxygen atoms in total. The minimum Gasteiger partial charge on any atom is -0.493 e. The molecule has 0 saturated carbocycles. The van der Waals surface area contributed by atoms with Crippen LogP contribution in [0.5, 0.6) is 5.75 Å². The standard InChI is InChI=1S/C17H19NO7S/c1-2-9-25-14-8-7-11-5-3-4-6-12(11)15(14)16(19)18-13(17(20)21)10-26(22,23)24/h3-8,13H,2,9-10H2,1H3,(H,18,19)(H,20,21)(H,22,23,24). The first-order valence-corrected chi connectivity index (χ1v) is 9.47. The molecule has 0 aromatic heterocycles. The lowest BCUT2D eigenvalue weighted by Gasteiger charge is -2.17. The molecule has 26 heavy (non-hydrogen) atoms. The third-order valence-electron chi connectivity index (χ3n) is 3.56. The average Bonchev–Trinajstić information content (AvgIpc) is 2.57. The van der Waals surface area contributed by atoms with Crippen LogP contribution in [0.4, 0.5) is 0 Å². The second-order valence-corrected chi connectivity index (χ2v) is 7.12. The van der Waals surface area contributed by atoms with Crippen LogP contribution in [0, 0.1) is 0 Å². The van der Waals surface area contributed by atoms with Crippen molar-refractivity contribution in [3.05, 3.63) is 42.0 Å². The fourth-order valence-electron chi connectivity index (χ4n) is 2.43. The number of amides is 1. The summed E-state index contributed by atoms with van der Waals surface area (Å²) in [6, 6.07) is 8.54. The molecule has 0 spiro atoms. The number of aliphatic carboxylic acids is 1. The first-order valence-electron chi connectivity index (χ1n) is 7.86. The summed E-state index contributed by atoms with van der Waals surface area (Å²) in [5, 5.41) is 12.6. The van der Waals surface area contributed by atoms with Crippen molar-refractivity contribution in [3.8, 4) is 5.75 Å². The molecular weight excluding hydrogens is 362 g/mol. The molecular formula is C17H19NO7S. The van der Waals surface area contributed by atoms with Crippen LogP contribution in [0.15, 0.2) is 36.4 Å². The molecule has 9 heteroatoms. The number of hydrogen-bond acceptors (Lipinski definition) is 5. The van der Waals surface area contributed by atoms with Gasteiger partial charge in [-0.25, -0.2) is 4.79 Å². The maximum Gasteiger partial charge on any atom is 0.327 e. The van der Waals surface area contributed by atoms with E-state index in [1.165, 1.54) is 0 Å². The van der Waals surface area contributed by atoms with Gasteiger partial charge in [0.05, 0.1) is 12.2 Å². The van der Waals surface area contributed by atoms with E-state index in [0.717, 1.165) is 5.39 Å². The Morgan fingerprint density at radius 1 is 1.19 bits per heavy atom. The molecule has 2 aromatic carbocycles. The molecule has 0 fully saturated rings. The maximum atomic E-state index is 12.7. The third-order valence-corrected chi connectivity index (χ3v) is 4.31. The molecule has 3 N–H and O–H groups in total. The van der Waals surface area contributed by atoms with Gasteiger partial charge in [-0.1, -0.05) is 37.3 Å². The molecule has 1 amide bonds. The van der Waals surface area contributed by atoms with E-state index in [-0.39, 0.29) is 11.3 Å². The molecule has 0 saturated heterocycles. The largest absolute Gasteiger partial charge is 0.493 e. The van der Waals surface area contributed by atoms with E-state index >= 15 is 0 Å². The Hall–Kier alpha value is -2.65. The average molecular weight is 381 g/mol. The molecule has 0 radical (unpaired) electrons. The van der Waals surface area contributed by atoms with Gasteiger partial charge in [0.1, 0.15) is 17.5 Å². The molecule has 0 bridgehead atoms. The number of carbonyl (C=O) groups is 2. The van der Waals surface area contributed by atoms with Gasteiger partial charge in [-0.3, -0.25) is 9.35 Å². The minimum atomic E-state index is -4.59. The lowest BCUT2D eigenvalue weighted by molar-refractivity contribution is -0.138. The van der Waals surface area contributed by atoms with Crippen molar-refractivity contribution in [2.75, 3.05) is 12.4 Å². The Kier molecular flexibility index (Phi) is 6.17. The first kappa shape index (κ1) is 19.7. The third kappa shape index (κ3) is 4.93. The topological polar surface area (TPSA) is 130 Å². The number of benzene rings is 2. The molecule has 140 valence electrons. The van der Waals surface area contributed by atoms with Crippen LogP contribution in [0.2, 0.25) is 0 Å². The van der Waals surface area contributed by atoms with Gasteiger partial charge in [-0.2, -0.15) is 8.42 Å². The summed E-state index contributed by atoms with van der Waals surface area (Å²) < 4.78 is 36.5. The van der Waals surface area contributed by atoms with Crippen LogP contribution in [-0.2, 0) is 14.9 Å². The second-order valence-electron chi connectivity index (χ2n) is 5.62. The molecule has 1 unspecified atom stereocenters. The van der Waals surface area contributed by atoms with E-state index in [1.807, 2.05) is 6.92 Å². The number of nitrogens with one attached hydrogen (secondary N) is 1. The SMILES string of the molecule is CCCOc1ccc2ccccc2c1C(=O)NC(CS(=O)(=O)O)C(=O)O. The highest BCUT2D eigenvalue weighted by atomic mass is 32.2. The van der Waals surface area contributed by atoms with Crippen molar-refractivity contribution in [2.24, 2.45) is 0 Å². The highest BCUT2D eigenvalue weighted by Crippen LogP contribution is 2.28. The van der Waals surface area contributed by atoms with Crippen LogP contribution in [0.25, 0.3) is 10.8 Å². The Morgan fingerprint density at radius 3 is 2.50 bits per heavy atom. The zero-order valence-corrected chi connectivity index (χ0v) is 14.8. The van der Waals surface area contributed by atoms with Gasteiger partial charge < -0.3 is 15.2 Å². The van der Waals surface area contributed by atoms with E-state index in [9.17, 15) is 18.0 Å². The Labute approximate surface area is 150 Å². The normalized spacial score (nSPS) is 12.5. The number of carboxylic acid groups (broad SMARTS) is 1. The van der Waals surface area contributed by atoms with E-state index < -0.39 is 33.8 Å². The number of carbonyl (C=O) groups excluding carboxylic acids is 1. The van der Waals surface area contributed by atoms with Crippen LogP contribution >= 0.6 is 0 Å². The van der Waals surface area contributed by atoms with Gasteiger partial charge in [0.25, 0.3) is 16.0 Å². The number of rotatable bonds is 8. The first-order chi connectivity index (χ1) is 12.2. The van der Waals surface area contributed by atoms with Crippen LogP contribution < -0.4 is 10.1 Å². The van der Waals surface area contributed by atoms with Crippen molar-refractivity contribution in [3.63, 3.8) is 0 Å². The van der Waals surface area contributed by atoms with Gasteiger partial charge in [0.15, 0.2) is 0 Å². The lowest BCUT2D eigenvalue weighted by Crippen LogP contribution is -2.45. The Morgan fingerprint density at radius 2 is 1.88 bits per heavy atom. The summed E-state index contributed by atoms with van der Waals surface area (Å²) in [6.45, 7) is 2.25.